The number of nitrogens with two attached hydrogens (primary N) is 1. The lowest BCUT2D eigenvalue weighted by molar-refractivity contribution is 0.0676. The molecule has 1 heterocycles. The van der Waals surface area contributed by atoms with Gasteiger partial charge in [0, 0.05) is 17.6 Å². The van der Waals surface area contributed by atoms with E-state index in [2.05, 4.69) is 13.8 Å². The number of halogens is 1. The van der Waals surface area contributed by atoms with Gasteiger partial charge in [-0.05, 0) is 44.4 Å². The predicted molar refractivity (Wildman–Crippen MR) is 74.8 cm³/mol. The summed E-state index contributed by atoms with van der Waals surface area (Å²) in [4.78, 5) is 14.5. The Balaban J connectivity index is 2.27. The van der Waals surface area contributed by atoms with E-state index in [1.165, 1.54) is 0 Å². The number of rotatable bonds is 2. The third-order valence-corrected chi connectivity index (χ3v) is 4.07. The number of anilines is 1. The first kappa shape index (κ1) is 13.2. The SMILES string of the molecule is CCC1CCC(C)N1C(=O)c1ccc(N)c(Cl)c1. The van der Waals surface area contributed by atoms with E-state index < -0.39 is 0 Å². The van der Waals surface area contributed by atoms with Crippen molar-refractivity contribution < 1.29 is 4.79 Å². The zero-order valence-corrected chi connectivity index (χ0v) is 11.6. The molecule has 2 atom stereocenters. The lowest BCUT2D eigenvalue weighted by atomic mass is 10.1. The molecule has 0 spiro atoms. The largest absolute Gasteiger partial charge is 0.398 e. The quantitative estimate of drug-likeness (QED) is 0.835. The van der Waals surface area contributed by atoms with Crippen LogP contribution < -0.4 is 5.73 Å². The van der Waals surface area contributed by atoms with E-state index in [0.29, 0.717) is 28.4 Å². The molecule has 0 aromatic heterocycles. The number of likely N-dealkylation sites (tertiary alicyclic amines) is 1. The van der Waals surface area contributed by atoms with Crippen molar-refractivity contribution >= 4 is 23.2 Å². The van der Waals surface area contributed by atoms with Crippen molar-refractivity contribution in [1.82, 2.24) is 4.90 Å². The van der Waals surface area contributed by atoms with Crippen LogP contribution in [0.4, 0.5) is 5.69 Å². The minimum Gasteiger partial charge on any atom is -0.398 e. The number of nitrogen functional groups attached to an aromatic ring is 1. The summed E-state index contributed by atoms with van der Waals surface area (Å²) in [5.41, 5.74) is 6.80. The number of benzene rings is 1. The second kappa shape index (κ2) is 5.19. The number of hydrogen-bond donors (Lipinski definition) is 1. The highest BCUT2D eigenvalue weighted by atomic mass is 35.5. The lowest BCUT2D eigenvalue weighted by Gasteiger charge is -2.28. The first-order chi connectivity index (χ1) is 8.54. The highest BCUT2D eigenvalue weighted by Gasteiger charge is 2.33. The Morgan fingerprint density at radius 2 is 2.22 bits per heavy atom. The maximum Gasteiger partial charge on any atom is 0.254 e. The molecular weight excluding hydrogens is 248 g/mol. The van der Waals surface area contributed by atoms with Crippen molar-refractivity contribution in [3.05, 3.63) is 28.8 Å². The first-order valence-electron chi connectivity index (χ1n) is 6.42. The summed E-state index contributed by atoms with van der Waals surface area (Å²) in [5, 5.41) is 0.445. The standard InChI is InChI=1S/C14H19ClN2O/c1-3-11-6-4-9(2)17(11)14(18)10-5-7-13(16)12(15)8-10/h5,7-9,11H,3-4,6,16H2,1-2H3. The molecular formula is C14H19ClN2O. The second-order valence-corrected chi connectivity index (χ2v) is 5.34. The van der Waals surface area contributed by atoms with Crippen LogP contribution in [0.25, 0.3) is 0 Å². The minimum absolute atomic E-state index is 0.0637. The maximum absolute atomic E-state index is 12.5. The van der Waals surface area contributed by atoms with Crippen LogP contribution in [-0.2, 0) is 0 Å². The summed E-state index contributed by atoms with van der Waals surface area (Å²) in [6.45, 7) is 4.23. The van der Waals surface area contributed by atoms with Gasteiger partial charge in [0.2, 0.25) is 0 Å². The van der Waals surface area contributed by atoms with Crippen LogP contribution in [-0.4, -0.2) is 22.9 Å². The molecule has 0 aliphatic carbocycles. The van der Waals surface area contributed by atoms with Gasteiger partial charge >= 0.3 is 0 Å². The summed E-state index contributed by atoms with van der Waals surface area (Å²) < 4.78 is 0. The van der Waals surface area contributed by atoms with E-state index in [-0.39, 0.29) is 5.91 Å². The first-order valence-corrected chi connectivity index (χ1v) is 6.80. The molecule has 1 aromatic carbocycles. The predicted octanol–water partition coefficient (Wildman–Crippen LogP) is 3.33. The zero-order valence-electron chi connectivity index (χ0n) is 10.8. The summed E-state index contributed by atoms with van der Waals surface area (Å²) in [6, 6.07) is 5.76. The summed E-state index contributed by atoms with van der Waals surface area (Å²) in [5.74, 6) is 0.0637. The van der Waals surface area contributed by atoms with Crippen molar-refractivity contribution in [2.75, 3.05) is 5.73 Å². The van der Waals surface area contributed by atoms with E-state index in [0.717, 1.165) is 19.3 Å². The van der Waals surface area contributed by atoms with Gasteiger partial charge in [0.15, 0.2) is 0 Å². The number of amides is 1. The zero-order chi connectivity index (χ0) is 13.3. The van der Waals surface area contributed by atoms with E-state index >= 15 is 0 Å². The number of nitrogens with zero attached hydrogens (tertiary/aromatic N) is 1. The summed E-state index contributed by atoms with van der Waals surface area (Å²) >= 11 is 5.98. The molecule has 3 nitrogen and oxygen atoms in total. The van der Waals surface area contributed by atoms with Gasteiger partial charge in [-0.25, -0.2) is 0 Å². The molecule has 1 aliphatic rings. The molecule has 1 fully saturated rings. The number of carbonyl (C=O) groups is 1. The fourth-order valence-corrected chi connectivity index (χ4v) is 2.83. The molecule has 0 radical (unpaired) electrons. The Hall–Kier alpha value is -1.22. The molecule has 0 saturated carbocycles. The van der Waals surface area contributed by atoms with Gasteiger partial charge in [-0.1, -0.05) is 18.5 Å². The molecule has 1 aliphatic heterocycles. The van der Waals surface area contributed by atoms with E-state index in [4.69, 9.17) is 17.3 Å². The maximum atomic E-state index is 12.5. The van der Waals surface area contributed by atoms with Gasteiger partial charge in [0.05, 0.1) is 10.7 Å². The Bertz CT molecular complexity index is 461. The van der Waals surface area contributed by atoms with Crippen LogP contribution in [0.15, 0.2) is 18.2 Å². The Morgan fingerprint density at radius 3 is 2.83 bits per heavy atom. The van der Waals surface area contributed by atoms with Gasteiger partial charge in [0.1, 0.15) is 0 Å². The van der Waals surface area contributed by atoms with Gasteiger partial charge in [0.25, 0.3) is 5.91 Å². The van der Waals surface area contributed by atoms with Crippen LogP contribution in [0.5, 0.6) is 0 Å². The van der Waals surface area contributed by atoms with E-state index in [1.54, 1.807) is 18.2 Å². The molecule has 2 rings (SSSR count). The molecule has 4 heteroatoms. The molecule has 18 heavy (non-hydrogen) atoms. The van der Waals surface area contributed by atoms with E-state index in [9.17, 15) is 4.79 Å². The summed E-state index contributed by atoms with van der Waals surface area (Å²) in [7, 11) is 0. The van der Waals surface area contributed by atoms with Crippen molar-refractivity contribution in [3.63, 3.8) is 0 Å². The van der Waals surface area contributed by atoms with Crippen LogP contribution >= 0.6 is 11.6 Å². The normalized spacial score (nSPS) is 23.4. The lowest BCUT2D eigenvalue weighted by Crippen LogP contribution is -2.39. The molecule has 1 saturated heterocycles. The average Bonchev–Trinajstić information content (AvgIpc) is 2.73. The summed E-state index contributed by atoms with van der Waals surface area (Å²) in [6.07, 6.45) is 3.16. The molecule has 98 valence electrons. The topological polar surface area (TPSA) is 46.3 Å². The van der Waals surface area contributed by atoms with Crippen LogP contribution in [0.2, 0.25) is 5.02 Å². The average molecular weight is 267 g/mol. The Labute approximate surface area is 113 Å². The van der Waals surface area contributed by atoms with E-state index in [1.807, 2.05) is 4.90 Å². The van der Waals surface area contributed by atoms with Crippen LogP contribution in [0, 0.1) is 0 Å². The fourth-order valence-electron chi connectivity index (χ4n) is 2.65. The number of hydrogen-bond acceptors (Lipinski definition) is 2. The molecule has 2 N–H and O–H groups in total. The third kappa shape index (κ3) is 2.32. The fraction of sp³-hybridized carbons (Fsp3) is 0.500. The Morgan fingerprint density at radius 1 is 1.50 bits per heavy atom. The van der Waals surface area contributed by atoms with Crippen molar-refractivity contribution in [3.8, 4) is 0 Å². The monoisotopic (exact) mass is 266 g/mol. The van der Waals surface area contributed by atoms with Crippen LogP contribution in [0.3, 0.4) is 0 Å². The Kier molecular flexibility index (Phi) is 3.81. The van der Waals surface area contributed by atoms with Crippen molar-refractivity contribution in [2.24, 2.45) is 0 Å². The minimum atomic E-state index is 0.0637. The van der Waals surface area contributed by atoms with Crippen LogP contribution in [0.1, 0.15) is 43.5 Å². The van der Waals surface area contributed by atoms with Gasteiger partial charge in [-0.15, -0.1) is 0 Å². The smallest absolute Gasteiger partial charge is 0.254 e. The van der Waals surface area contributed by atoms with Crippen molar-refractivity contribution in [2.45, 2.75) is 45.2 Å². The van der Waals surface area contributed by atoms with Gasteiger partial charge < -0.3 is 10.6 Å². The number of carbonyl (C=O) groups excluding carboxylic acids is 1. The second-order valence-electron chi connectivity index (χ2n) is 4.94. The molecule has 2 unspecified atom stereocenters. The van der Waals surface area contributed by atoms with Gasteiger partial charge in [-0.2, -0.15) is 0 Å². The van der Waals surface area contributed by atoms with Crippen molar-refractivity contribution in [1.29, 1.82) is 0 Å². The molecule has 1 amide bonds. The highest BCUT2D eigenvalue weighted by molar-refractivity contribution is 6.33. The molecule has 0 bridgehead atoms. The molecule has 1 aromatic rings. The third-order valence-electron chi connectivity index (χ3n) is 3.74. The van der Waals surface area contributed by atoms with Gasteiger partial charge in [-0.3, -0.25) is 4.79 Å². The highest BCUT2D eigenvalue weighted by Crippen LogP contribution is 2.29.